The zero-order chi connectivity index (χ0) is 13.1. The smallest absolute Gasteiger partial charge is 0.150 e. The first-order valence-electron chi connectivity index (χ1n) is 5.22. The van der Waals surface area contributed by atoms with Crippen molar-refractivity contribution in [2.75, 3.05) is 0 Å². The number of para-hydroxylation sites is 1. The van der Waals surface area contributed by atoms with Gasteiger partial charge in [0, 0.05) is 17.1 Å². The lowest BCUT2D eigenvalue weighted by molar-refractivity contribution is 0.477. The van der Waals surface area contributed by atoms with Gasteiger partial charge in [-0.3, -0.25) is 0 Å². The summed E-state index contributed by atoms with van der Waals surface area (Å²) in [6, 6.07) is 10.4. The van der Waals surface area contributed by atoms with Gasteiger partial charge in [0.15, 0.2) is 5.75 Å². The molecule has 2 aromatic carbocycles. The number of halogens is 3. The molecule has 0 aromatic heterocycles. The van der Waals surface area contributed by atoms with Gasteiger partial charge in [-0.1, -0.05) is 46.9 Å². The molecule has 5 heteroatoms. The first kappa shape index (κ1) is 13.5. The second-order valence-electron chi connectivity index (χ2n) is 3.61. The summed E-state index contributed by atoms with van der Waals surface area (Å²) in [5, 5.41) is 1.46. The molecule has 0 aliphatic heterocycles. The summed E-state index contributed by atoms with van der Waals surface area (Å²) in [4.78, 5) is 0. The molecule has 18 heavy (non-hydrogen) atoms. The van der Waals surface area contributed by atoms with Crippen molar-refractivity contribution < 1.29 is 4.74 Å². The Bertz CT molecular complexity index is 572. The van der Waals surface area contributed by atoms with Crippen molar-refractivity contribution in [3.8, 4) is 11.5 Å². The summed E-state index contributed by atoms with van der Waals surface area (Å²) >= 11 is 18.0. The Hall–Kier alpha value is -0.930. The van der Waals surface area contributed by atoms with Crippen LogP contribution in [0.2, 0.25) is 15.1 Å². The molecule has 0 fully saturated rings. The zero-order valence-electron chi connectivity index (χ0n) is 9.29. The Labute approximate surface area is 120 Å². The van der Waals surface area contributed by atoms with E-state index < -0.39 is 0 Å². The minimum Gasteiger partial charge on any atom is -0.454 e. The van der Waals surface area contributed by atoms with Crippen LogP contribution < -0.4 is 10.5 Å². The molecule has 0 saturated carbocycles. The number of hydrogen-bond acceptors (Lipinski definition) is 2. The van der Waals surface area contributed by atoms with Crippen LogP contribution in [0.3, 0.4) is 0 Å². The van der Waals surface area contributed by atoms with Crippen molar-refractivity contribution >= 4 is 34.8 Å². The third-order valence-electron chi connectivity index (χ3n) is 2.37. The highest BCUT2D eigenvalue weighted by atomic mass is 35.5. The molecule has 0 heterocycles. The van der Waals surface area contributed by atoms with Crippen molar-refractivity contribution in [3.63, 3.8) is 0 Å². The van der Waals surface area contributed by atoms with E-state index in [4.69, 9.17) is 45.3 Å². The summed E-state index contributed by atoms with van der Waals surface area (Å²) in [7, 11) is 0. The Kier molecular flexibility index (Phi) is 4.36. The van der Waals surface area contributed by atoms with Crippen LogP contribution in [-0.2, 0) is 6.54 Å². The summed E-state index contributed by atoms with van der Waals surface area (Å²) in [6.45, 7) is 0.334. The number of ether oxygens (including phenoxy) is 1. The van der Waals surface area contributed by atoms with E-state index in [1.54, 1.807) is 24.3 Å². The van der Waals surface area contributed by atoms with Gasteiger partial charge < -0.3 is 10.5 Å². The largest absolute Gasteiger partial charge is 0.454 e. The Morgan fingerprint density at radius 3 is 2.44 bits per heavy atom. The van der Waals surface area contributed by atoms with Gasteiger partial charge in [-0.2, -0.15) is 0 Å². The standard InChI is InChI=1S/C13H10Cl3NO/c14-9-4-5-12(11(16)6-9)18-13-8(7-17)2-1-3-10(13)15/h1-6H,7,17H2. The quantitative estimate of drug-likeness (QED) is 0.875. The van der Waals surface area contributed by atoms with Crippen LogP contribution in [-0.4, -0.2) is 0 Å². The summed E-state index contributed by atoms with van der Waals surface area (Å²) < 4.78 is 5.71. The Morgan fingerprint density at radius 1 is 1.00 bits per heavy atom. The van der Waals surface area contributed by atoms with Crippen molar-refractivity contribution in [2.24, 2.45) is 5.73 Å². The van der Waals surface area contributed by atoms with Gasteiger partial charge in [-0.05, 0) is 24.3 Å². The molecule has 0 spiro atoms. The fraction of sp³-hybridized carbons (Fsp3) is 0.0769. The molecule has 0 saturated heterocycles. The lowest BCUT2D eigenvalue weighted by atomic mass is 10.2. The van der Waals surface area contributed by atoms with Crippen LogP contribution in [0.1, 0.15) is 5.56 Å². The minimum atomic E-state index is 0.334. The monoisotopic (exact) mass is 301 g/mol. The van der Waals surface area contributed by atoms with Gasteiger partial charge in [0.2, 0.25) is 0 Å². The lowest BCUT2D eigenvalue weighted by Gasteiger charge is -2.12. The lowest BCUT2D eigenvalue weighted by Crippen LogP contribution is -2.00. The zero-order valence-corrected chi connectivity index (χ0v) is 11.6. The van der Waals surface area contributed by atoms with E-state index in [1.807, 2.05) is 12.1 Å². The molecule has 0 amide bonds. The maximum absolute atomic E-state index is 6.09. The summed E-state index contributed by atoms with van der Waals surface area (Å²) in [6.07, 6.45) is 0. The van der Waals surface area contributed by atoms with E-state index in [-0.39, 0.29) is 0 Å². The maximum atomic E-state index is 6.09. The van der Waals surface area contributed by atoms with Crippen molar-refractivity contribution in [1.29, 1.82) is 0 Å². The van der Waals surface area contributed by atoms with Crippen molar-refractivity contribution in [2.45, 2.75) is 6.54 Å². The van der Waals surface area contributed by atoms with Gasteiger partial charge in [0.1, 0.15) is 5.75 Å². The molecule has 2 rings (SSSR count). The summed E-state index contributed by atoms with van der Waals surface area (Å²) in [5.41, 5.74) is 6.46. The number of hydrogen-bond donors (Lipinski definition) is 1. The SMILES string of the molecule is NCc1cccc(Cl)c1Oc1ccc(Cl)cc1Cl. The molecule has 0 aliphatic rings. The van der Waals surface area contributed by atoms with E-state index in [0.717, 1.165) is 5.56 Å². The number of benzene rings is 2. The molecule has 0 bridgehead atoms. The molecule has 0 radical (unpaired) electrons. The van der Waals surface area contributed by atoms with Crippen LogP contribution in [0.5, 0.6) is 11.5 Å². The molecular formula is C13H10Cl3NO. The molecule has 0 atom stereocenters. The van der Waals surface area contributed by atoms with Crippen LogP contribution >= 0.6 is 34.8 Å². The van der Waals surface area contributed by atoms with E-state index >= 15 is 0 Å². The van der Waals surface area contributed by atoms with Crippen molar-refractivity contribution in [1.82, 2.24) is 0 Å². The minimum absolute atomic E-state index is 0.334. The van der Waals surface area contributed by atoms with Crippen molar-refractivity contribution in [3.05, 3.63) is 57.0 Å². The first-order valence-corrected chi connectivity index (χ1v) is 6.35. The van der Waals surface area contributed by atoms with E-state index in [0.29, 0.717) is 33.1 Å². The molecule has 0 aliphatic carbocycles. The highest BCUT2D eigenvalue weighted by Crippen LogP contribution is 2.36. The van der Waals surface area contributed by atoms with E-state index in [9.17, 15) is 0 Å². The van der Waals surface area contributed by atoms with Crippen LogP contribution in [0.25, 0.3) is 0 Å². The van der Waals surface area contributed by atoms with Gasteiger partial charge in [0.25, 0.3) is 0 Å². The first-order chi connectivity index (χ1) is 8.61. The Balaban J connectivity index is 2.39. The fourth-order valence-electron chi connectivity index (χ4n) is 1.50. The van der Waals surface area contributed by atoms with E-state index in [2.05, 4.69) is 0 Å². The fourth-order valence-corrected chi connectivity index (χ4v) is 2.18. The van der Waals surface area contributed by atoms with Crippen LogP contribution in [0, 0.1) is 0 Å². The topological polar surface area (TPSA) is 35.2 Å². The third kappa shape index (κ3) is 2.90. The molecule has 94 valence electrons. The second kappa shape index (κ2) is 5.81. The number of rotatable bonds is 3. The third-order valence-corrected chi connectivity index (χ3v) is 3.20. The second-order valence-corrected chi connectivity index (χ2v) is 4.86. The highest BCUT2D eigenvalue weighted by molar-refractivity contribution is 6.35. The molecule has 0 unspecified atom stereocenters. The highest BCUT2D eigenvalue weighted by Gasteiger charge is 2.10. The molecule has 2 nitrogen and oxygen atoms in total. The average molecular weight is 303 g/mol. The van der Waals surface area contributed by atoms with E-state index in [1.165, 1.54) is 0 Å². The van der Waals surface area contributed by atoms with Gasteiger partial charge in [-0.15, -0.1) is 0 Å². The Morgan fingerprint density at radius 2 is 1.78 bits per heavy atom. The van der Waals surface area contributed by atoms with Gasteiger partial charge in [-0.25, -0.2) is 0 Å². The van der Waals surface area contributed by atoms with Gasteiger partial charge in [0.05, 0.1) is 10.0 Å². The predicted molar refractivity (Wildman–Crippen MR) is 75.9 cm³/mol. The maximum Gasteiger partial charge on any atom is 0.150 e. The number of nitrogens with two attached hydrogens (primary N) is 1. The molecule has 2 aromatic rings. The van der Waals surface area contributed by atoms with Gasteiger partial charge >= 0.3 is 0 Å². The molecule has 2 N–H and O–H groups in total. The van der Waals surface area contributed by atoms with Crippen LogP contribution in [0.4, 0.5) is 0 Å². The summed E-state index contributed by atoms with van der Waals surface area (Å²) in [5.74, 6) is 1.01. The average Bonchev–Trinajstić information content (AvgIpc) is 2.34. The molecular weight excluding hydrogens is 293 g/mol. The normalized spacial score (nSPS) is 10.4. The predicted octanol–water partition coefficient (Wildman–Crippen LogP) is 4.90. The van der Waals surface area contributed by atoms with Crippen LogP contribution in [0.15, 0.2) is 36.4 Å².